The smallest absolute Gasteiger partial charge is 0.231 e. The topological polar surface area (TPSA) is 51.8 Å². The third kappa shape index (κ3) is 7.87. The van der Waals surface area contributed by atoms with Gasteiger partial charge in [-0.2, -0.15) is 0 Å². The van der Waals surface area contributed by atoms with E-state index in [0.29, 0.717) is 40.4 Å². The fourth-order valence-electron chi connectivity index (χ4n) is 6.58. The number of piperidine rings is 1. The Morgan fingerprint density at radius 3 is 2.38 bits per heavy atom. The van der Waals surface area contributed by atoms with Gasteiger partial charge in [-0.25, -0.2) is 4.39 Å². The maximum absolute atomic E-state index is 13.2. The van der Waals surface area contributed by atoms with Crippen LogP contribution in [-0.4, -0.2) is 33.5 Å². The summed E-state index contributed by atoms with van der Waals surface area (Å²) in [5.74, 6) is 3.19. The summed E-state index contributed by atoms with van der Waals surface area (Å²) in [7, 11) is 2.03. The lowest BCUT2D eigenvalue weighted by molar-refractivity contribution is 0.173. The van der Waals surface area contributed by atoms with Crippen LogP contribution in [0.5, 0.6) is 17.2 Å². The van der Waals surface area contributed by atoms with Gasteiger partial charge in [-0.3, -0.25) is 0 Å². The second-order valence-corrected chi connectivity index (χ2v) is 12.3. The van der Waals surface area contributed by atoms with Crippen LogP contribution in [0.25, 0.3) is 0 Å². The molecule has 0 unspecified atom stereocenters. The van der Waals surface area contributed by atoms with Gasteiger partial charge in [0.15, 0.2) is 11.5 Å². The van der Waals surface area contributed by atoms with Crippen molar-refractivity contribution in [3.05, 3.63) is 123 Å². The summed E-state index contributed by atoms with van der Waals surface area (Å²) in [6, 6.07) is 27.6. The van der Waals surface area contributed by atoms with Gasteiger partial charge in [0.1, 0.15) is 11.6 Å². The molecule has 7 rings (SSSR count). The van der Waals surface area contributed by atoms with E-state index in [2.05, 4.69) is 41.0 Å². The average molecular weight is 672 g/mol. The summed E-state index contributed by atoms with van der Waals surface area (Å²) < 4.78 is 29.9. The third-order valence-electron chi connectivity index (χ3n) is 8.90. The summed E-state index contributed by atoms with van der Waals surface area (Å²) in [6.45, 7) is 2.74. The predicted molar refractivity (Wildman–Crippen MR) is 181 cm³/mol. The molecule has 4 atom stereocenters. The van der Waals surface area contributed by atoms with Gasteiger partial charge in [0.25, 0.3) is 0 Å². The number of fused-ring (bicyclic) bond motifs is 2. The van der Waals surface area contributed by atoms with Crippen LogP contribution in [0.2, 0.25) is 10.0 Å². The maximum atomic E-state index is 13.2. The van der Waals surface area contributed by atoms with E-state index in [-0.39, 0.29) is 25.0 Å². The molecule has 45 heavy (non-hydrogen) atoms. The van der Waals surface area contributed by atoms with Crippen LogP contribution in [0.1, 0.15) is 59.4 Å². The summed E-state index contributed by atoms with van der Waals surface area (Å²) >= 11 is 12.2. The Kier molecular flexibility index (Phi) is 11.5. The largest absolute Gasteiger partial charge is 0.493 e. The van der Waals surface area contributed by atoms with Gasteiger partial charge in [-0.1, -0.05) is 65.7 Å². The van der Waals surface area contributed by atoms with Gasteiger partial charge >= 0.3 is 0 Å². The Bertz CT molecular complexity index is 1570. The van der Waals surface area contributed by atoms with Gasteiger partial charge in [-0.15, -0.1) is 12.4 Å². The van der Waals surface area contributed by atoms with Crippen molar-refractivity contribution in [3.63, 3.8) is 0 Å². The van der Waals surface area contributed by atoms with Crippen LogP contribution in [0.15, 0.2) is 84.9 Å². The van der Waals surface area contributed by atoms with Crippen LogP contribution < -0.4 is 24.8 Å². The Morgan fingerprint density at radius 1 is 0.844 bits per heavy atom. The summed E-state index contributed by atoms with van der Waals surface area (Å²) in [4.78, 5) is 0. The number of rotatable bonds is 6. The molecule has 1 saturated heterocycles. The molecule has 0 bridgehead atoms. The van der Waals surface area contributed by atoms with Crippen molar-refractivity contribution >= 4 is 35.6 Å². The highest BCUT2D eigenvalue weighted by Crippen LogP contribution is 2.42. The van der Waals surface area contributed by atoms with Gasteiger partial charge in [0.05, 0.1) is 16.7 Å². The Morgan fingerprint density at radius 2 is 1.60 bits per heavy atom. The lowest BCUT2D eigenvalue weighted by atomic mass is 9.77. The van der Waals surface area contributed by atoms with Crippen LogP contribution in [0.3, 0.4) is 0 Å². The molecule has 1 fully saturated rings. The normalized spacial score (nSPS) is 21.5. The van der Waals surface area contributed by atoms with Crippen molar-refractivity contribution in [2.45, 2.75) is 37.1 Å². The number of nitrogens with one attached hydrogen (secondary N) is 2. The Balaban J connectivity index is 0.000000177. The molecule has 2 N–H and O–H groups in total. The van der Waals surface area contributed by atoms with E-state index in [4.69, 9.17) is 37.4 Å². The second-order valence-electron chi connectivity index (χ2n) is 11.5. The van der Waals surface area contributed by atoms with E-state index in [9.17, 15) is 4.39 Å². The van der Waals surface area contributed by atoms with E-state index in [0.717, 1.165) is 49.6 Å². The SMILES string of the molecule is CN[C@H]1CC[C@@H](c2ccc(Cl)c(Cl)c2)c2ccccc21.Cl.Fc1ccc([C@@H]2CCNC[C@H]2COc2ccc3c(c2)OCO3)cc1. The van der Waals surface area contributed by atoms with E-state index < -0.39 is 0 Å². The minimum atomic E-state index is -0.194. The van der Waals surface area contributed by atoms with Crippen LogP contribution in [-0.2, 0) is 0 Å². The quantitative estimate of drug-likeness (QED) is 0.214. The molecule has 238 valence electrons. The van der Waals surface area contributed by atoms with E-state index in [1.165, 1.54) is 34.4 Å². The van der Waals surface area contributed by atoms with Gasteiger partial charge in [0, 0.05) is 30.5 Å². The number of benzene rings is 4. The summed E-state index contributed by atoms with van der Waals surface area (Å²) in [5.41, 5.74) is 5.23. The van der Waals surface area contributed by atoms with Crippen molar-refractivity contribution < 1.29 is 18.6 Å². The standard InChI is InChI=1S/C19H20FNO3.C17H17Cl2N.ClH/c20-15-3-1-13(2-4-15)17-7-8-21-10-14(17)11-22-16-5-6-18-19(9-16)24-12-23-18;1-20-17-9-7-12(13-4-2-3-5-14(13)17)11-6-8-15(18)16(19)10-11;/h1-6,9,14,17,21H,7-8,10-12H2;2-6,8,10,12,17,20H,7,9H2,1H3;1H/t14-,17-;12-,17-;/m00./s1. The molecular weight excluding hydrogens is 634 g/mol. The molecule has 4 aromatic rings. The molecule has 9 heteroatoms. The lowest BCUT2D eigenvalue weighted by Gasteiger charge is -2.32. The Labute approximate surface area is 280 Å². The number of ether oxygens (including phenoxy) is 3. The fourth-order valence-corrected chi connectivity index (χ4v) is 6.89. The number of hydrogen-bond donors (Lipinski definition) is 2. The molecule has 2 aliphatic heterocycles. The van der Waals surface area contributed by atoms with E-state index in [1.54, 1.807) is 0 Å². The number of halogens is 4. The highest BCUT2D eigenvalue weighted by Gasteiger charge is 2.28. The first-order valence-electron chi connectivity index (χ1n) is 15.2. The second kappa shape index (κ2) is 15.5. The van der Waals surface area contributed by atoms with Crippen molar-refractivity contribution in [1.82, 2.24) is 10.6 Å². The van der Waals surface area contributed by atoms with Crippen LogP contribution in [0, 0.1) is 11.7 Å². The Hall–Kier alpha value is -3.00. The van der Waals surface area contributed by atoms with Crippen LogP contribution in [0.4, 0.5) is 4.39 Å². The van der Waals surface area contributed by atoms with Crippen molar-refractivity contribution in [1.29, 1.82) is 0 Å². The molecule has 2 heterocycles. The first-order chi connectivity index (χ1) is 21.5. The monoisotopic (exact) mass is 670 g/mol. The molecule has 1 aliphatic carbocycles. The molecule has 5 nitrogen and oxygen atoms in total. The average Bonchev–Trinajstić information content (AvgIpc) is 3.54. The zero-order valence-electron chi connectivity index (χ0n) is 25.1. The van der Waals surface area contributed by atoms with Crippen molar-refractivity contribution in [3.8, 4) is 17.2 Å². The molecule has 3 aliphatic rings. The van der Waals surface area contributed by atoms with Gasteiger partial charge < -0.3 is 24.8 Å². The molecule has 0 aromatic heterocycles. The molecule has 0 radical (unpaired) electrons. The molecular formula is C36H38Cl3FN2O3. The minimum Gasteiger partial charge on any atom is -0.493 e. The molecule has 0 saturated carbocycles. The third-order valence-corrected chi connectivity index (χ3v) is 9.64. The predicted octanol–water partition coefficient (Wildman–Crippen LogP) is 8.93. The molecule has 0 amide bonds. The highest BCUT2D eigenvalue weighted by molar-refractivity contribution is 6.42. The van der Waals surface area contributed by atoms with Gasteiger partial charge in [-0.05, 0) is 97.4 Å². The summed E-state index contributed by atoms with van der Waals surface area (Å²) in [5, 5.41) is 8.09. The lowest BCUT2D eigenvalue weighted by Crippen LogP contribution is -2.38. The molecule has 0 spiro atoms. The fraction of sp³-hybridized carbons (Fsp3) is 0.333. The first-order valence-corrected chi connectivity index (χ1v) is 16.0. The van der Waals surface area contributed by atoms with Crippen molar-refractivity contribution in [2.75, 3.05) is 33.5 Å². The summed E-state index contributed by atoms with van der Waals surface area (Å²) in [6.07, 6.45) is 3.29. The van der Waals surface area contributed by atoms with Crippen LogP contribution >= 0.6 is 35.6 Å². The number of hydrogen-bond acceptors (Lipinski definition) is 5. The first kappa shape index (κ1) is 33.4. The molecule has 4 aromatic carbocycles. The zero-order valence-corrected chi connectivity index (χ0v) is 27.4. The van der Waals surface area contributed by atoms with Gasteiger partial charge in [0.2, 0.25) is 6.79 Å². The van der Waals surface area contributed by atoms with Crippen molar-refractivity contribution in [2.24, 2.45) is 5.92 Å². The maximum Gasteiger partial charge on any atom is 0.231 e. The highest BCUT2D eigenvalue weighted by atomic mass is 35.5. The zero-order chi connectivity index (χ0) is 30.5. The van der Waals surface area contributed by atoms with E-state index >= 15 is 0 Å². The van der Waals surface area contributed by atoms with E-state index in [1.807, 2.05) is 49.5 Å². The minimum absolute atomic E-state index is 0.